The fourth-order valence-electron chi connectivity index (χ4n) is 2.23. The Labute approximate surface area is 133 Å². The number of nitrogens with zero attached hydrogens (tertiary/aromatic N) is 1. The lowest BCUT2D eigenvalue weighted by Crippen LogP contribution is -2.42. The summed E-state index contributed by atoms with van der Waals surface area (Å²) in [7, 11) is -3.23. The van der Waals surface area contributed by atoms with Crippen LogP contribution in [-0.2, 0) is 16.4 Å². The molecule has 0 bridgehead atoms. The Morgan fingerprint density at radius 2 is 2.29 bits per heavy atom. The van der Waals surface area contributed by atoms with Gasteiger partial charge >= 0.3 is 6.03 Å². The lowest BCUT2D eigenvalue weighted by atomic mass is 10.3. The SMILES string of the molecule is CS(=O)(=O)NC1CCN(C(=O)NCCc2ccc(Cl)s2)C1. The zero-order valence-corrected chi connectivity index (χ0v) is 14.0. The first-order chi connectivity index (χ1) is 9.83. The number of rotatable bonds is 5. The van der Waals surface area contributed by atoms with E-state index >= 15 is 0 Å². The third kappa shape index (κ3) is 5.46. The number of urea groups is 1. The van der Waals surface area contributed by atoms with Crippen molar-refractivity contribution in [3.8, 4) is 0 Å². The monoisotopic (exact) mass is 351 g/mol. The van der Waals surface area contributed by atoms with E-state index in [0.29, 0.717) is 26.1 Å². The van der Waals surface area contributed by atoms with Gasteiger partial charge in [0.1, 0.15) is 0 Å². The second kappa shape index (κ2) is 6.95. The van der Waals surface area contributed by atoms with Crippen molar-refractivity contribution in [2.75, 3.05) is 25.9 Å². The first-order valence-electron chi connectivity index (χ1n) is 6.58. The quantitative estimate of drug-likeness (QED) is 0.838. The number of nitrogens with one attached hydrogen (secondary N) is 2. The molecular weight excluding hydrogens is 334 g/mol. The van der Waals surface area contributed by atoms with Gasteiger partial charge < -0.3 is 10.2 Å². The molecule has 1 aromatic heterocycles. The van der Waals surface area contributed by atoms with E-state index in [2.05, 4.69) is 10.0 Å². The van der Waals surface area contributed by atoms with Crippen molar-refractivity contribution < 1.29 is 13.2 Å². The van der Waals surface area contributed by atoms with Crippen LogP contribution < -0.4 is 10.0 Å². The van der Waals surface area contributed by atoms with Crippen molar-refractivity contribution in [2.24, 2.45) is 0 Å². The molecule has 2 rings (SSSR count). The largest absolute Gasteiger partial charge is 0.338 e. The van der Waals surface area contributed by atoms with E-state index in [9.17, 15) is 13.2 Å². The van der Waals surface area contributed by atoms with E-state index in [1.165, 1.54) is 11.3 Å². The zero-order valence-electron chi connectivity index (χ0n) is 11.6. The van der Waals surface area contributed by atoms with Gasteiger partial charge in [-0.15, -0.1) is 11.3 Å². The Morgan fingerprint density at radius 3 is 2.90 bits per heavy atom. The summed E-state index contributed by atoms with van der Waals surface area (Å²) in [5.74, 6) is 0. The molecule has 6 nitrogen and oxygen atoms in total. The van der Waals surface area contributed by atoms with Gasteiger partial charge in [0.2, 0.25) is 10.0 Å². The molecule has 1 atom stereocenters. The maximum atomic E-state index is 12.0. The fourth-order valence-corrected chi connectivity index (χ4v) is 4.12. The van der Waals surface area contributed by atoms with Crippen molar-refractivity contribution in [1.29, 1.82) is 0 Å². The van der Waals surface area contributed by atoms with Crippen molar-refractivity contribution in [3.05, 3.63) is 21.3 Å². The van der Waals surface area contributed by atoms with Gasteiger partial charge in [-0.25, -0.2) is 17.9 Å². The number of carbonyl (C=O) groups excluding carboxylic acids is 1. The number of carbonyl (C=O) groups is 1. The van der Waals surface area contributed by atoms with E-state index < -0.39 is 10.0 Å². The molecule has 0 aliphatic carbocycles. The topological polar surface area (TPSA) is 78.5 Å². The van der Waals surface area contributed by atoms with Crippen molar-refractivity contribution in [2.45, 2.75) is 18.9 Å². The van der Waals surface area contributed by atoms with Crippen LogP contribution in [-0.4, -0.2) is 51.3 Å². The van der Waals surface area contributed by atoms with Gasteiger partial charge in [-0.1, -0.05) is 11.6 Å². The Balaban J connectivity index is 1.72. The van der Waals surface area contributed by atoms with Crippen LogP contribution in [0.25, 0.3) is 0 Å². The molecule has 2 N–H and O–H groups in total. The Hall–Kier alpha value is -0.830. The zero-order chi connectivity index (χ0) is 15.5. The Bertz CT molecular complexity index is 603. The molecule has 2 heterocycles. The standard InChI is InChI=1S/C12H18ClN3O3S2/c1-21(18,19)15-9-5-7-16(8-9)12(17)14-6-4-10-2-3-11(13)20-10/h2-3,9,15H,4-8H2,1H3,(H,14,17). The number of hydrogen-bond donors (Lipinski definition) is 2. The molecule has 1 saturated heterocycles. The number of amides is 2. The maximum absolute atomic E-state index is 12.0. The lowest BCUT2D eigenvalue weighted by molar-refractivity contribution is 0.208. The van der Waals surface area contributed by atoms with Crippen molar-refractivity contribution >= 4 is 39.0 Å². The number of halogens is 1. The normalized spacial score (nSPS) is 19.0. The summed E-state index contributed by atoms with van der Waals surface area (Å²) in [6, 6.07) is 3.43. The molecule has 0 saturated carbocycles. The Kier molecular flexibility index (Phi) is 5.48. The fraction of sp³-hybridized carbons (Fsp3) is 0.583. The summed E-state index contributed by atoms with van der Waals surface area (Å²) in [6.45, 7) is 1.50. The predicted molar refractivity (Wildman–Crippen MR) is 84.4 cm³/mol. The summed E-state index contributed by atoms with van der Waals surface area (Å²) >= 11 is 7.34. The first kappa shape index (κ1) is 16.5. The first-order valence-corrected chi connectivity index (χ1v) is 9.66. The van der Waals surface area contributed by atoms with Gasteiger partial charge in [-0.05, 0) is 25.0 Å². The van der Waals surface area contributed by atoms with Crippen LogP contribution in [0, 0.1) is 0 Å². The van der Waals surface area contributed by atoms with E-state index in [0.717, 1.165) is 21.9 Å². The summed E-state index contributed by atoms with van der Waals surface area (Å²) in [5, 5.41) is 2.84. The van der Waals surface area contributed by atoms with Crippen LogP contribution >= 0.6 is 22.9 Å². The number of thiophene rings is 1. The highest BCUT2D eigenvalue weighted by molar-refractivity contribution is 7.88. The van der Waals surface area contributed by atoms with Gasteiger partial charge in [0.25, 0.3) is 0 Å². The average Bonchev–Trinajstić information content (AvgIpc) is 2.96. The smallest absolute Gasteiger partial charge is 0.317 e. The van der Waals surface area contributed by atoms with E-state index in [-0.39, 0.29) is 12.1 Å². The second-order valence-electron chi connectivity index (χ2n) is 5.01. The predicted octanol–water partition coefficient (Wildman–Crippen LogP) is 1.28. The van der Waals surface area contributed by atoms with Crippen LogP contribution in [0.4, 0.5) is 4.79 Å². The third-order valence-corrected chi connectivity index (χ3v) is 5.19. The highest BCUT2D eigenvalue weighted by atomic mass is 35.5. The minimum atomic E-state index is -3.23. The lowest BCUT2D eigenvalue weighted by Gasteiger charge is -2.17. The molecule has 1 aliphatic heterocycles. The van der Waals surface area contributed by atoms with Crippen molar-refractivity contribution in [1.82, 2.24) is 14.9 Å². The van der Waals surface area contributed by atoms with E-state index in [4.69, 9.17) is 11.6 Å². The summed E-state index contributed by atoms with van der Waals surface area (Å²) in [4.78, 5) is 14.7. The van der Waals surface area contributed by atoms with Gasteiger partial charge in [-0.2, -0.15) is 0 Å². The molecule has 1 aromatic rings. The van der Waals surface area contributed by atoms with E-state index in [1.54, 1.807) is 4.90 Å². The molecule has 9 heteroatoms. The van der Waals surface area contributed by atoms with E-state index in [1.807, 2.05) is 12.1 Å². The van der Waals surface area contributed by atoms with Gasteiger partial charge in [0.05, 0.1) is 10.6 Å². The summed E-state index contributed by atoms with van der Waals surface area (Å²) in [5.41, 5.74) is 0. The van der Waals surface area contributed by atoms with Gasteiger partial charge in [-0.3, -0.25) is 0 Å². The molecule has 0 spiro atoms. The van der Waals surface area contributed by atoms with Crippen molar-refractivity contribution in [3.63, 3.8) is 0 Å². The highest BCUT2D eigenvalue weighted by Gasteiger charge is 2.27. The average molecular weight is 352 g/mol. The van der Waals surface area contributed by atoms with Crippen LogP contribution in [0.1, 0.15) is 11.3 Å². The molecule has 0 aromatic carbocycles. The highest BCUT2D eigenvalue weighted by Crippen LogP contribution is 2.21. The minimum Gasteiger partial charge on any atom is -0.338 e. The van der Waals surface area contributed by atoms with Crippen LogP contribution in [0.5, 0.6) is 0 Å². The molecular formula is C12H18ClN3O3S2. The maximum Gasteiger partial charge on any atom is 0.317 e. The molecule has 118 valence electrons. The van der Waals surface area contributed by atoms with Gasteiger partial charge in [0.15, 0.2) is 0 Å². The Morgan fingerprint density at radius 1 is 1.52 bits per heavy atom. The second-order valence-corrected chi connectivity index (χ2v) is 8.59. The molecule has 21 heavy (non-hydrogen) atoms. The van der Waals surface area contributed by atoms with Crippen LogP contribution in [0.3, 0.4) is 0 Å². The summed E-state index contributed by atoms with van der Waals surface area (Å²) in [6.07, 6.45) is 2.50. The number of likely N-dealkylation sites (tertiary alicyclic amines) is 1. The summed E-state index contributed by atoms with van der Waals surface area (Å²) < 4.78 is 25.6. The van der Waals surface area contributed by atoms with Crippen LogP contribution in [0.2, 0.25) is 4.34 Å². The molecule has 2 amide bonds. The number of sulfonamides is 1. The van der Waals surface area contributed by atoms with Gasteiger partial charge in [0, 0.05) is 30.6 Å². The molecule has 1 aliphatic rings. The van der Waals surface area contributed by atoms with Crippen LogP contribution in [0.15, 0.2) is 12.1 Å². The molecule has 1 unspecified atom stereocenters. The third-order valence-electron chi connectivity index (χ3n) is 3.13. The molecule has 0 radical (unpaired) electrons. The number of hydrogen-bond acceptors (Lipinski definition) is 4. The molecule has 1 fully saturated rings. The minimum absolute atomic E-state index is 0.157.